The van der Waals surface area contributed by atoms with Crippen LogP contribution in [0.15, 0.2) is 66.7 Å². The highest BCUT2D eigenvalue weighted by atomic mass is 127. The molecule has 2 heteroatoms. The first-order chi connectivity index (χ1) is 9.75. The van der Waals surface area contributed by atoms with E-state index < -0.39 is 0 Å². The first-order valence-electron chi connectivity index (χ1n) is 6.61. The summed E-state index contributed by atoms with van der Waals surface area (Å²) in [6, 6.07) is 23.7. The Hall–Kier alpha value is -0.870. The van der Waals surface area contributed by atoms with Crippen molar-refractivity contribution in [1.29, 1.82) is 0 Å². The molecule has 100 valence electrons. The normalized spacial score (nSPS) is 12.5. The van der Waals surface area contributed by atoms with E-state index >= 15 is 0 Å². The van der Waals surface area contributed by atoms with Crippen LogP contribution < -0.4 is 0 Å². The third kappa shape index (κ3) is 2.91. The molecule has 0 nitrogen and oxygen atoms in total. The Morgan fingerprint density at radius 1 is 0.850 bits per heavy atom. The summed E-state index contributed by atoms with van der Waals surface area (Å²) >= 11 is 6.26. The molecule has 0 spiro atoms. The number of hydrogen-bond acceptors (Lipinski definition) is 0. The van der Waals surface area contributed by atoms with Crippen molar-refractivity contribution in [1.82, 2.24) is 0 Å². The molecule has 0 heterocycles. The number of alkyl halides is 1. The molecule has 0 saturated heterocycles. The quantitative estimate of drug-likeness (QED) is 0.342. The van der Waals surface area contributed by atoms with Crippen LogP contribution in [0, 0.1) is 3.57 Å². The zero-order valence-electron chi connectivity index (χ0n) is 10.9. The third-order valence-corrected chi connectivity index (χ3v) is 5.32. The average Bonchev–Trinajstić information content (AvgIpc) is 2.48. The first-order valence-corrected chi connectivity index (χ1v) is 8.60. The van der Waals surface area contributed by atoms with Crippen LogP contribution in [-0.2, 0) is 6.42 Å². The number of benzene rings is 3. The second-order valence-electron chi connectivity index (χ2n) is 4.83. The third-order valence-electron chi connectivity index (χ3n) is 3.52. The van der Waals surface area contributed by atoms with Gasteiger partial charge in [0.05, 0.1) is 0 Å². The van der Waals surface area contributed by atoms with Crippen LogP contribution in [0.2, 0.25) is 0 Å². The second-order valence-corrected chi connectivity index (χ2v) is 7.10. The van der Waals surface area contributed by atoms with Gasteiger partial charge in [0.2, 0.25) is 0 Å². The van der Waals surface area contributed by atoms with E-state index in [9.17, 15) is 0 Å². The summed E-state index contributed by atoms with van der Waals surface area (Å²) in [5, 5.41) is 2.66. The van der Waals surface area contributed by atoms with Gasteiger partial charge in [-0.2, -0.15) is 0 Å². The molecule has 3 aromatic rings. The van der Waals surface area contributed by atoms with Gasteiger partial charge < -0.3 is 0 Å². The van der Waals surface area contributed by atoms with E-state index in [1.807, 2.05) is 0 Å². The largest absolute Gasteiger partial charge is 0.0835 e. The lowest BCUT2D eigenvalue weighted by atomic mass is 9.98. The van der Waals surface area contributed by atoms with Gasteiger partial charge in [-0.15, -0.1) is 0 Å². The summed E-state index contributed by atoms with van der Waals surface area (Å²) in [4.78, 5) is 0.349. The maximum atomic E-state index is 3.85. The molecule has 20 heavy (non-hydrogen) atoms. The van der Waals surface area contributed by atoms with Gasteiger partial charge in [-0.05, 0) is 57.0 Å². The highest BCUT2D eigenvalue weighted by Crippen LogP contribution is 2.32. The smallest absolute Gasteiger partial charge is 0.0446 e. The van der Waals surface area contributed by atoms with Crippen LogP contribution >= 0.6 is 38.5 Å². The maximum Gasteiger partial charge on any atom is 0.0446 e. The maximum absolute atomic E-state index is 3.85. The van der Waals surface area contributed by atoms with E-state index in [2.05, 4.69) is 105 Å². The lowest BCUT2D eigenvalue weighted by Crippen LogP contribution is -1.98. The highest BCUT2D eigenvalue weighted by Gasteiger charge is 2.12. The molecule has 3 aromatic carbocycles. The molecule has 3 rings (SSSR count). The van der Waals surface area contributed by atoms with Crippen molar-refractivity contribution < 1.29 is 0 Å². The van der Waals surface area contributed by atoms with E-state index in [0.29, 0.717) is 4.83 Å². The highest BCUT2D eigenvalue weighted by molar-refractivity contribution is 14.1. The zero-order valence-corrected chi connectivity index (χ0v) is 14.6. The summed E-state index contributed by atoms with van der Waals surface area (Å²) in [7, 11) is 0. The molecule has 0 saturated carbocycles. The molecular formula is C18H14BrI. The number of rotatable bonds is 3. The fourth-order valence-corrected chi connectivity index (χ4v) is 4.44. The van der Waals surface area contributed by atoms with Crippen LogP contribution in [0.5, 0.6) is 0 Å². The average molecular weight is 437 g/mol. The molecule has 0 aliphatic carbocycles. The zero-order chi connectivity index (χ0) is 13.9. The molecule has 0 N–H and O–H groups in total. The fraction of sp³-hybridized carbons (Fsp3) is 0.111. The molecule has 0 amide bonds. The van der Waals surface area contributed by atoms with Crippen molar-refractivity contribution in [3.05, 3.63) is 81.4 Å². The summed E-state index contributed by atoms with van der Waals surface area (Å²) in [5.74, 6) is 0. The number of hydrogen-bond donors (Lipinski definition) is 0. The molecule has 0 aromatic heterocycles. The molecule has 0 radical (unpaired) electrons. The van der Waals surface area contributed by atoms with Gasteiger partial charge in [-0.25, -0.2) is 0 Å². The van der Waals surface area contributed by atoms with Crippen molar-refractivity contribution in [3.8, 4) is 0 Å². The minimum Gasteiger partial charge on any atom is -0.0835 e. The van der Waals surface area contributed by atoms with Crippen LogP contribution in [-0.4, -0.2) is 0 Å². The molecule has 1 atom stereocenters. The van der Waals surface area contributed by atoms with Gasteiger partial charge in [0.25, 0.3) is 0 Å². The lowest BCUT2D eigenvalue weighted by Gasteiger charge is -2.14. The Morgan fingerprint density at radius 2 is 1.55 bits per heavy atom. The van der Waals surface area contributed by atoms with Crippen molar-refractivity contribution in [2.24, 2.45) is 0 Å². The SMILES string of the molecule is BrC(Cc1cccc2ccccc12)c1ccccc1I. The van der Waals surface area contributed by atoms with Crippen molar-refractivity contribution in [3.63, 3.8) is 0 Å². The fourth-order valence-electron chi connectivity index (χ4n) is 2.50. The lowest BCUT2D eigenvalue weighted by molar-refractivity contribution is 0.951. The monoisotopic (exact) mass is 436 g/mol. The predicted molar refractivity (Wildman–Crippen MR) is 98.5 cm³/mol. The van der Waals surface area contributed by atoms with E-state index in [1.165, 1.54) is 25.5 Å². The Bertz CT molecular complexity index is 731. The molecule has 0 aliphatic heterocycles. The Morgan fingerprint density at radius 3 is 2.40 bits per heavy atom. The van der Waals surface area contributed by atoms with Gasteiger partial charge in [0.15, 0.2) is 0 Å². The summed E-state index contributed by atoms with van der Waals surface area (Å²) < 4.78 is 1.31. The number of halogens is 2. The van der Waals surface area contributed by atoms with Crippen LogP contribution in [0.4, 0.5) is 0 Å². The molecule has 0 bridgehead atoms. The Kier molecular flexibility index (Phi) is 4.41. The summed E-state index contributed by atoms with van der Waals surface area (Å²) in [6.07, 6.45) is 1.00. The van der Waals surface area contributed by atoms with Crippen molar-refractivity contribution in [2.45, 2.75) is 11.2 Å². The minimum absolute atomic E-state index is 0.349. The predicted octanol–water partition coefficient (Wildman–Crippen LogP) is 6.12. The van der Waals surface area contributed by atoms with Crippen molar-refractivity contribution in [2.75, 3.05) is 0 Å². The van der Waals surface area contributed by atoms with Gasteiger partial charge in [0.1, 0.15) is 0 Å². The van der Waals surface area contributed by atoms with E-state index in [4.69, 9.17) is 0 Å². The summed E-state index contributed by atoms with van der Waals surface area (Å²) in [5.41, 5.74) is 2.76. The van der Waals surface area contributed by atoms with Gasteiger partial charge in [-0.1, -0.05) is 76.6 Å². The first kappa shape index (κ1) is 14.1. The molecule has 0 aliphatic rings. The topological polar surface area (TPSA) is 0 Å². The molecule has 0 fully saturated rings. The van der Waals surface area contributed by atoms with Crippen LogP contribution in [0.1, 0.15) is 16.0 Å². The van der Waals surface area contributed by atoms with Crippen molar-refractivity contribution >= 4 is 49.3 Å². The standard InChI is InChI=1S/C18H14BrI/c19-17(16-10-3-4-11-18(16)20)12-14-8-5-7-13-6-1-2-9-15(13)14/h1-11,17H,12H2. The number of fused-ring (bicyclic) bond motifs is 1. The van der Waals surface area contributed by atoms with Gasteiger partial charge in [0, 0.05) is 8.40 Å². The second kappa shape index (κ2) is 6.27. The van der Waals surface area contributed by atoms with Crippen LogP contribution in [0.25, 0.3) is 10.8 Å². The van der Waals surface area contributed by atoms with Gasteiger partial charge in [-0.3, -0.25) is 0 Å². The Labute approximate surface area is 141 Å². The van der Waals surface area contributed by atoms with E-state index in [-0.39, 0.29) is 0 Å². The van der Waals surface area contributed by atoms with E-state index in [0.717, 1.165) is 6.42 Å². The minimum atomic E-state index is 0.349. The van der Waals surface area contributed by atoms with Crippen LogP contribution in [0.3, 0.4) is 0 Å². The van der Waals surface area contributed by atoms with Gasteiger partial charge >= 0.3 is 0 Å². The molecular weight excluding hydrogens is 423 g/mol. The molecule has 1 unspecified atom stereocenters. The summed E-state index contributed by atoms with van der Waals surface area (Å²) in [6.45, 7) is 0. The van der Waals surface area contributed by atoms with E-state index in [1.54, 1.807) is 0 Å². The Balaban J connectivity index is 1.96.